The maximum absolute atomic E-state index is 5.41. The third kappa shape index (κ3) is 4.34. The highest BCUT2D eigenvalue weighted by molar-refractivity contribution is 6.23. The summed E-state index contributed by atoms with van der Waals surface area (Å²) < 4.78 is 4.87. The van der Waals surface area contributed by atoms with Crippen LogP contribution in [0.15, 0.2) is 164 Å². The Bertz CT molecular complexity index is 3060. The molecule has 0 aliphatic heterocycles. The van der Waals surface area contributed by atoms with Gasteiger partial charge in [-0.15, -0.1) is 0 Å². The standard InChI is InChI=1S/C48H32N4/c1-3-14-31(15-4-1)34-19-13-20-35(28-34)51-43-27-26-32-16-7-8-21-36(32)46(43)39-29-38-37-22-9-12-25-42(37)52(44(38)30-45(39)51)48-47(33-17-5-2-6-18-33)49-40-23-10-11-24-41(40)50-48/h1-11,13-24,26-30H,12,25H2. The van der Waals surface area contributed by atoms with E-state index in [1.54, 1.807) is 0 Å². The average molecular weight is 665 g/mol. The lowest BCUT2D eigenvalue weighted by Gasteiger charge is -2.17. The van der Waals surface area contributed by atoms with Crippen LogP contribution in [0.25, 0.3) is 94.5 Å². The van der Waals surface area contributed by atoms with E-state index >= 15 is 0 Å². The molecule has 0 bridgehead atoms. The van der Waals surface area contributed by atoms with Gasteiger partial charge in [-0.3, -0.25) is 4.57 Å². The molecule has 7 aromatic carbocycles. The van der Waals surface area contributed by atoms with Gasteiger partial charge in [0.25, 0.3) is 0 Å². The predicted molar refractivity (Wildman–Crippen MR) is 216 cm³/mol. The molecule has 4 nitrogen and oxygen atoms in total. The summed E-state index contributed by atoms with van der Waals surface area (Å²) in [4.78, 5) is 10.7. The molecule has 0 radical (unpaired) electrons. The van der Waals surface area contributed by atoms with Gasteiger partial charge in [0.1, 0.15) is 5.69 Å². The maximum Gasteiger partial charge on any atom is 0.164 e. The number of rotatable bonds is 4. The van der Waals surface area contributed by atoms with Gasteiger partial charge in [0.15, 0.2) is 5.82 Å². The number of fused-ring (bicyclic) bond motifs is 9. The van der Waals surface area contributed by atoms with E-state index in [9.17, 15) is 0 Å². The summed E-state index contributed by atoms with van der Waals surface area (Å²) in [5.74, 6) is 0.866. The van der Waals surface area contributed by atoms with Crippen LogP contribution in [0, 0.1) is 0 Å². The first kappa shape index (κ1) is 29.0. The van der Waals surface area contributed by atoms with Crippen molar-refractivity contribution in [1.29, 1.82) is 0 Å². The van der Waals surface area contributed by atoms with Crippen LogP contribution in [0.5, 0.6) is 0 Å². The zero-order valence-electron chi connectivity index (χ0n) is 28.4. The predicted octanol–water partition coefficient (Wildman–Crippen LogP) is 12.1. The van der Waals surface area contributed by atoms with E-state index in [4.69, 9.17) is 9.97 Å². The highest BCUT2D eigenvalue weighted by Gasteiger charge is 2.25. The summed E-state index contributed by atoms with van der Waals surface area (Å²) in [7, 11) is 0. The molecule has 0 saturated heterocycles. The molecule has 52 heavy (non-hydrogen) atoms. The van der Waals surface area contributed by atoms with Gasteiger partial charge in [0, 0.05) is 38.7 Å². The van der Waals surface area contributed by atoms with Crippen molar-refractivity contribution in [3.05, 3.63) is 175 Å². The monoisotopic (exact) mass is 664 g/mol. The van der Waals surface area contributed by atoms with Gasteiger partial charge in [-0.25, -0.2) is 9.97 Å². The molecule has 0 fully saturated rings. The van der Waals surface area contributed by atoms with E-state index in [-0.39, 0.29) is 0 Å². The van der Waals surface area contributed by atoms with Crippen molar-refractivity contribution in [1.82, 2.24) is 19.1 Å². The Kier molecular flexibility index (Phi) is 6.34. The highest BCUT2D eigenvalue weighted by Crippen LogP contribution is 2.43. The molecule has 4 heteroatoms. The van der Waals surface area contributed by atoms with Gasteiger partial charge in [-0.1, -0.05) is 127 Å². The van der Waals surface area contributed by atoms with Gasteiger partial charge in [-0.2, -0.15) is 0 Å². The van der Waals surface area contributed by atoms with Crippen LogP contribution in [0.3, 0.4) is 0 Å². The molecule has 1 aliphatic rings. The molecular weight excluding hydrogens is 633 g/mol. The summed E-state index contributed by atoms with van der Waals surface area (Å²) in [6, 6.07) is 56.5. The van der Waals surface area contributed by atoms with Crippen LogP contribution in [-0.2, 0) is 6.42 Å². The van der Waals surface area contributed by atoms with Crippen LogP contribution in [-0.4, -0.2) is 19.1 Å². The molecule has 3 aromatic heterocycles. The zero-order chi connectivity index (χ0) is 34.2. The van der Waals surface area contributed by atoms with E-state index in [0.29, 0.717) is 0 Å². The molecule has 244 valence electrons. The van der Waals surface area contributed by atoms with Crippen molar-refractivity contribution in [2.75, 3.05) is 0 Å². The minimum Gasteiger partial charge on any atom is -0.309 e. The second-order valence-electron chi connectivity index (χ2n) is 13.7. The van der Waals surface area contributed by atoms with Gasteiger partial charge < -0.3 is 4.57 Å². The van der Waals surface area contributed by atoms with Crippen LogP contribution in [0.1, 0.15) is 17.7 Å². The van der Waals surface area contributed by atoms with Gasteiger partial charge in [0.2, 0.25) is 0 Å². The molecule has 0 saturated carbocycles. The molecule has 0 spiro atoms. The first-order valence-corrected chi connectivity index (χ1v) is 18.0. The second kappa shape index (κ2) is 11.4. The lowest BCUT2D eigenvalue weighted by molar-refractivity contribution is 0.872. The van der Waals surface area contributed by atoms with Crippen LogP contribution < -0.4 is 0 Å². The molecule has 0 N–H and O–H groups in total. The lowest BCUT2D eigenvalue weighted by atomic mass is 10.00. The Morgan fingerprint density at radius 2 is 1.19 bits per heavy atom. The summed E-state index contributed by atoms with van der Waals surface area (Å²) >= 11 is 0. The number of benzene rings is 7. The quantitative estimate of drug-likeness (QED) is 0.188. The number of hydrogen-bond acceptors (Lipinski definition) is 2. The molecule has 0 amide bonds. The summed E-state index contributed by atoms with van der Waals surface area (Å²) in [5.41, 5.74) is 13.3. The lowest BCUT2D eigenvalue weighted by Crippen LogP contribution is -2.08. The molecule has 0 atom stereocenters. The Morgan fingerprint density at radius 3 is 2.04 bits per heavy atom. The summed E-state index contributed by atoms with van der Waals surface area (Å²) in [6.07, 6.45) is 6.54. The number of hydrogen-bond donors (Lipinski definition) is 0. The fourth-order valence-corrected chi connectivity index (χ4v) is 8.41. The second-order valence-corrected chi connectivity index (χ2v) is 13.7. The molecule has 11 rings (SSSR count). The number of para-hydroxylation sites is 2. The fraction of sp³-hybridized carbons (Fsp3) is 0.0417. The van der Waals surface area contributed by atoms with Crippen LogP contribution >= 0.6 is 0 Å². The van der Waals surface area contributed by atoms with Crippen LogP contribution in [0.4, 0.5) is 0 Å². The Balaban J connectivity index is 1.29. The number of nitrogens with zero attached hydrogens (tertiary/aromatic N) is 4. The Hall–Kier alpha value is -6.78. The topological polar surface area (TPSA) is 35.6 Å². The summed E-state index contributed by atoms with van der Waals surface area (Å²) in [6.45, 7) is 0. The number of aromatic nitrogens is 4. The first-order valence-electron chi connectivity index (χ1n) is 18.0. The molecule has 3 heterocycles. The zero-order valence-corrected chi connectivity index (χ0v) is 28.4. The molecular formula is C48H32N4. The molecule has 0 unspecified atom stereocenters. The number of allylic oxidation sites excluding steroid dienone is 1. The van der Waals surface area contributed by atoms with Gasteiger partial charge in [-0.05, 0) is 77.2 Å². The minimum absolute atomic E-state index is 0.866. The Morgan fingerprint density at radius 1 is 0.481 bits per heavy atom. The van der Waals surface area contributed by atoms with E-state index in [2.05, 4.69) is 167 Å². The van der Waals surface area contributed by atoms with Crippen molar-refractivity contribution in [3.8, 4) is 33.9 Å². The van der Waals surface area contributed by atoms with E-state index in [0.717, 1.165) is 52.2 Å². The first-order chi connectivity index (χ1) is 25.8. The van der Waals surface area contributed by atoms with E-state index < -0.39 is 0 Å². The maximum atomic E-state index is 5.41. The Labute approximate surface area is 300 Å². The van der Waals surface area contributed by atoms with Crippen molar-refractivity contribution >= 4 is 60.6 Å². The molecule has 1 aliphatic carbocycles. The average Bonchev–Trinajstić information content (AvgIpc) is 3.72. The smallest absolute Gasteiger partial charge is 0.164 e. The SMILES string of the molecule is C1=Cc2c(n(-c3nc4ccccc4nc3-c3ccccc3)c3cc4c(cc23)c2c3ccccc3ccc2n4-c2cccc(-c3ccccc3)c2)CC1. The van der Waals surface area contributed by atoms with E-state index in [1.807, 2.05) is 12.1 Å². The third-order valence-corrected chi connectivity index (χ3v) is 10.7. The van der Waals surface area contributed by atoms with Crippen molar-refractivity contribution in [2.45, 2.75) is 12.8 Å². The van der Waals surface area contributed by atoms with Crippen molar-refractivity contribution < 1.29 is 0 Å². The fourth-order valence-electron chi connectivity index (χ4n) is 8.41. The highest BCUT2D eigenvalue weighted by atomic mass is 15.1. The minimum atomic E-state index is 0.866. The third-order valence-electron chi connectivity index (χ3n) is 10.7. The normalized spacial score (nSPS) is 12.8. The summed E-state index contributed by atoms with van der Waals surface area (Å²) in [5, 5.41) is 6.26. The van der Waals surface area contributed by atoms with Crippen molar-refractivity contribution in [3.63, 3.8) is 0 Å². The largest absolute Gasteiger partial charge is 0.309 e. The van der Waals surface area contributed by atoms with Gasteiger partial charge >= 0.3 is 0 Å². The van der Waals surface area contributed by atoms with Gasteiger partial charge in [0.05, 0.1) is 27.6 Å². The van der Waals surface area contributed by atoms with Crippen LogP contribution in [0.2, 0.25) is 0 Å². The van der Waals surface area contributed by atoms with E-state index in [1.165, 1.54) is 60.3 Å². The molecule has 10 aromatic rings. The van der Waals surface area contributed by atoms with Crippen molar-refractivity contribution in [2.24, 2.45) is 0 Å².